The first kappa shape index (κ1) is 20.7. The van der Waals surface area contributed by atoms with E-state index in [0.29, 0.717) is 0 Å². The number of nitrogens with two attached hydrogens (primary N) is 1. The third-order valence-electron chi connectivity index (χ3n) is 6.36. The summed E-state index contributed by atoms with van der Waals surface area (Å²) in [5.41, 5.74) is 11.3. The minimum absolute atomic E-state index is 0.161. The Morgan fingerprint density at radius 1 is 1.00 bits per heavy atom. The summed E-state index contributed by atoms with van der Waals surface area (Å²) in [4.78, 5) is 7.84. The van der Waals surface area contributed by atoms with Gasteiger partial charge in [0.2, 0.25) is 0 Å². The van der Waals surface area contributed by atoms with Crippen LogP contribution in [-0.2, 0) is 12.0 Å². The molecule has 0 fully saturated rings. The van der Waals surface area contributed by atoms with Gasteiger partial charge in [0.1, 0.15) is 5.75 Å². The molecule has 1 unspecified atom stereocenters. The van der Waals surface area contributed by atoms with Crippen LogP contribution < -0.4 is 10.5 Å². The summed E-state index contributed by atoms with van der Waals surface area (Å²) in [6.07, 6.45) is 3.23. The number of methoxy groups -OCH3 is 1. The summed E-state index contributed by atoms with van der Waals surface area (Å²) >= 11 is 3.62. The number of hydrogen-bond donors (Lipinski definition) is 1. The summed E-state index contributed by atoms with van der Waals surface area (Å²) in [6.45, 7) is 4.74. The minimum Gasteiger partial charge on any atom is -0.497 e. The highest BCUT2D eigenvalue weighted by atomic mass is 32.2. The number of aliphatic imine (C=N–C) groups is 1. The zero-order chi connectivity index (χ0) is 21.6. The molecule has 2 heterocycles. The number of ether oxygens (including phenoxy) is 1. The number of amidine groups is 1. The number of rotatable bonds is 3. The Morgan fingerprint density at radius 3 is 2.52 bits per heavy atom. The van der Waals surface area contributed by atoms with Crippen LogP contribution in [0.3, 0.4) is 0 Å². The molecule has 160 valence electrons. The van der Waals surface area contributed by atoms with Gasteiger partial charge in [-0.3, -0.25) is 4.99 Å². The second-order valence-electron chi connectivity index (χ2n) is 9.36. The highest BCUT2D eigenvalue weighted by Crippen LogP contribution is 2.54. The molecule has 0 saturated carbocycles. The van der Waals surface area contributed by atoms with E-state index in [9.17, 15) is 0 Å². The lowest BCUT2D eigenvalue weighted by atomic mass is 9.67. The van der Waals surface area contributed by atoms with Crippen LogP contribution in [0.5, 0.6) is 5.75 Å². The van der Waals surface area contributed by atoms with E-state index in [1.165, 1.54) is 32.0 Å². The normalized spacial score (nSPS) is 22.1. The van der Waals surface area contributed by atoms with Crippen molar-refractivity contribution in [2.24, 2.45) is 16.1 Å². The molecule has 31 heavy (non-hydrogen) atoms. The van der Waals surface area contributed by atoms with Gasteiger partial charge in [0.15, 0.2) is 5.17 Å². The van der Waals surface area contributed by atoms with Crippen LogP contribution in [0.15, 0.2) is 59.6 Å². The highest BCUT2D eigenvalue weighted by Gasteiger charge is 2.46. The molecule has 1 aliphatic heterocycles. The Morgan fingerprint density at radius 2 is 1.74 bits per heavy atom. The number of thioether (sulfide) groups is 1. The van der Waals surface area contributed by atoms with Gasteiger partial charge in [0.25, 0.3) is 0 Å². The van der Waals surface area contributed by atoms with Crippen molar-refractivity contribution in [3.8, 4) is 27.3 Å². The fraction of sp³-hybridized carbons (Fsp3) is 0.346. The van der Waals surface area contributed by atoms with Gasteiger partial charge in [-0.15, -0.1) is 11.3 Å². The molecule has 2 N–H and O–H groups in total. The van der Waals surface area contributed by atoms with Crippen LogP contribution in [0.1, 0.15) is 37.1 Å². The number of thiophene rings is 1. The lowest BCUT2D eigenvalue weighted by molar-refractivity contribution is 0.208. The summed E-state index contributed by atoms with van der Waals surface area (Å²) in [6, 6.07) is 19.5. The van der Waals surface area contributed by atoms with Crippen molar-refractivity contribution in [2.75, 3.05) is 12.9 Å². The molecule has 2 aliphatic rings. The van der Waals surface area contributed by atoms with E-state index >= 15 is 0 Å². The van der Waals surface area contributed by atoms with Crippen molar-refractivity contribution in [1.82, 2.24) is 0 Å². The van der Waals surface area contributed by atoms with Crippen LogP contribution in [-0.4, -0.2) is 18.0 Å². The molecule has 1 spiro atoms. The standard InChI is InChI=1S/C26H28N2OS2/c1-25(2)15-23-21(26(16-25)10-11-30-24(27)28-26)14-22(31-23)19-8-4-6-17(12-19)18-7-5-9-20(13-18)29-3/h4-9,12-14H,10-11,15-16H2,1-3H3,(H2,27,28). The predicted molar refractivity (Wildman–Crippen MR) is 134 cm³/mol. The van der Waals surface area contributed by atoms with Crippen molar-refractivity contribution in [3.63, 3.8) is 0 Å². The van der Waals surface area contributed by atoms with Crippen LogP contribution >= 0.6 is 23.1 Å². The fourth-order valence-electron chi connectivity index (χ4n) is 5.08. The van der Waals surface area contributed by atoms with E-state index < -0.39 is 0 Å². The quantitative estimate of drug-likeness (QED) is 0.484. The summed E-state index contributed by atoms with van der Waals surface area (Å²) < 4.78 is 5.42. The number of hydrogen-bond acceptors (Lipinski definition) is 5. The molecule has 0 bridgehead atoms. The van der Waals surface area contributed by atoms with Crippen molar-refractivity contribution >= 4 is 28.3 Å². The first-order valence-electron chi connectivity index (χ1n) is 10.7. The third kappa shape index (κ3) is 3.90. The molecule has 3 nitrogen and oxygen atoms in total. The van der Waals surface area contributed by atoms with Gasteiger partial charge in [0.05, 0.1) is 12.6 Å². The second kappa shape index (κ2) is 7.72. The first-order valence-corrected chi connectivity index (χ1v) is 12.5. The zero-order valence-electron chi connectivity index (χ0n) is 18.3. The van der Waals surface area contributed by atoms with Crippen LogP contribution in [0.2, 0.25) is 0 Å². The molecule has 5 heteroatoms. The Hall–Kier alpha value is -2.24. The largest absolute Gasteiger partial charge is 0.497 e. The van der Waals surface area contributed by atoms with Crippen molar-refractivity contribution < 1.29 is 4.74 Å². The number of fused-ring (bicyclic) bond motifs is 2. The third-order valence-corrected chi connectivity index (χ3v) is 8.34. The maximum absolute atomic E-state index is 6.22. The van der Waals surface area contributed by atoms with Gasteiger partial charge in [0, 0.05) is 15.5 Å². The van der Waals surface area contributed by atoms with E-state index in [4.69, 9.17) is 15.5 Å². The Kier molecular flexibility index (Phi) is 5.14. The summed E-state index contributed by atoms with van der Waals surface area (Å²) in [5, 5.41) is 0.739. The molecule has 0 radical (unpaired) electrons. The number of nitrogens with zero attached hydrogens (tertiary/aromatic N) is 1. The van der Waals surface area contributed by atoms with Crippen LogP contribution in [0, 0.1) is 5.41 Å². The fourth-order valence-corrected chi connectivity index (χ4v) is 7.48. The lowest BCUT2D eigenvalue weighted by Crippen LogP contribution is -2.40. The Bertz CT molecular complexity index is 1160. The Balaban J connectivity index is 1.58. The number of benzene rings is 2. The maximum atomic E-state index is 6.22. The SMILES string of the molecule is COc1cccc(-c2cccc(-c3cc4c(s3)CC(C)(C)CC43CCSC(N)=N3)c2)c1. The molecule has 1 aromatic heterocycles. The Labute approximate surface area is 192 Å². The van der Waals surface area contributed by atoms with Gasteiger partial charge < -0.3 is 10.5 Å². The molecule has 3 aromatic rings. The molecule has 5 rings (SSSR count). The molecule has 2 aromatic carbocycles. The van der Waals surface area contributed by atoms with Crippen LogP contribution in [0.4, 0.5) is 0 Å². The van der Waals surface area contributed by atoms with Crippen LogP contribution in [0.25, 0.3) is 21.6 Å². The van der Waals surface area contributed by atoms with E-state index in [2.05, 4.69) is 56.3 Å². The second-order valence-corrected chi connectivity index (χ2v) is 11.6. The van der Waals surface area contributed by atoms with Crippen molar-refractivity contribution in [2.45, 2.75) is 38.6 Å². The molecular weight excluding hydrogens is 420 g/mol. The molecule has 0 amide bonds. The lowest BCUT2D eigenvalue weighted by Gasteiger charge is -2.44. The summed E-state index contributed by atoms with van der Waals surface area (Å²) in [5.74, 6) is 1.92. The highest BCUT2D eigenvalue weighted by molar-refractivity contribution is 8.13. The van der Waals surface area contributed by atoms with Crippen molar-refractivity contribution in [3.05, 3.63) is 65.0 Å². The predicted octanol–water partition coefficient (Wildman–Crippen LogP) is 6.71. The minimum atomic E-state index is -0.161. The van der Waals surface area contributed by atoms with Gasteiger partial charge in [-0.2, -0.15) is 0 Å². The molecular formula is C26H28N2OS2. The summed E-state index contributed by atoms with van der Waals surface area (Å²) in [7, 11) is 1.71. The van der Waals surface area contributed by atoms with E-state index in [1.54, 1.807) is 18.9 Å². The van der Waals surface area contributed by atoms with Gasteiger partial charge in [-0.05, 0) is 71.2 Å². The van der Waals surface area contributed by atoms with E-state index in [-0.39, 0.29) is 11.0 Å². The maximum Gasteiger partial charge on any atom is 0.154 e. The smallest absolute Gasteiger partial charge is 0.154 e. The van der Waals surface area contributed by atoms with E-state index in [0.717, 1.165) is 35.9 Å². The van der Waals surface area contributed by atoms with Gasteiger partial charge >= 0.3 is 0 Å². The van der Waals surface area contributed by atoms with Gasteiger partial charge in [-0.1, -0.05) is 55.9 Å². The van der Waals surface area contributed by atoms with Gasteiger partial charge in [-0.25, -0.2) is 0 Å². The molecule has 0 saturated heterocycles. The zero-order valence-corrected chi connectivity index (χ0v) is 19.9. The topological polar surface area (TPSA) is 47.6 Å². The van der Waals surface area contributed by atoms with Crippen molar-refractivity contribution in [1.29, 1.82) is 0 Å². The first-order chi connectivity index (χ1) is 14.9. The van der Waals surface area contributed by atoms with E-state index in [1.807, 2.05) is 23.5 Å². The average molecular weight is 449 g/mol. The average Bonchev–Trinajstić information content (AvgIpc) is 3.17. The molecule has 1 atom stereocenters. The molecule has 1 aliphatic carbocycles. The monoisotopic (exact) mass is 448 g/mol.